The number of para-hydroxylation sites is 1. The van der Waals surface area contributed by atoms with Crippen LogP contribution in [0.25, 0.3) is 10.4 Å². The van der Waals surface area contributed by atoms with Crippen LogP contribution in [-0.4, -0.2) is 30.1 Å². The number of hydrogen-bond donors (Lipinski definition) is 0. The molecule has 0 aliphatic carbocycles. The molecule has 23 heavy (non-hydrogen) atoms. The van der Waals surface area contributed by atoms with Crippen LogP contribution in [-0.2, 0) is 20.7 Å². The summed E-state index contributed by atoms with van der Waals surface area (Å²) < 4.78 is 5.30. The Bertz CT molecular complexity index is 660. The van der Waals surface area contributed by atoms with E-state index in [2.05, 4.69) is 10.0 Å². The van der Waals surface area contributed by atoms with Crippen molar-refractivity contribution in [2.75, 3.05) is 11.4 Å². The van der Waals surface area contributed by atoms with Crippen molar-refractivity contribution >= 4 is 17.6 Å². The number of carbonyl (C=O) groups is 2. The quantitative estimate of drug-likeness (QED) is 0.371. The highest BCUT2D eigenvalue weighted by Gasteiger charge is 2.32. The van der Waals surface area contributed by atoms with Gasteiger partial charge in [0.05, 0.1) is 0 Å². The molecule has 2 rings (SSSR count). The van der Waals surface area contributed by atoms with Gasteiger partial charge in [-0.15, -0.1) is 0 Å². The van der Waals surface area contributed by atoms with Gasteiger partial charge in [0.2, 0.25) is 5.91 Å². The van der Waals surface area contributed by atoms with Crippen molar-refractivity contribution in [1.29, 1.82) is 0 Å². The van der Waals surface area contributed by atoms with Gasteiger partial charge in [-0.1, -0.05) is 23.3 Å². The molecule has 0 N–H and O–H groups in total. The van der Waals surface area contributed by atoms with E-state index in [4.69, 9.17) is 10.3 Å². The zero-order valence-electron chi connectivity index (χ0n) is 13.5. The lowest BCUT2D eigenvalue weighted by Gasteiger charge is -2.26. The number of aryl methyl sites for hydroxylation is 1. The highest BCUT2D eigenvalue weighted by Crippen LogP contribution is 2.28. The van der Waals surface area contributed by atoms with Crippen molar-refractivity contribution in [3.05, 3.63) is 40.3 Å². The van der Waals surface area contributed by atoms with Gasteiger partial charge in [0.25, 0.3) is 0 Å². The molecular weight excluding hydrogens is 296 g/mol. The van der Waals surface area contributed by atoms with Crippen LogP contribution in [0.4, 0.5) is 5.69 Å². The first kappa shape index (κ1) is 16.8. The minimum atomic E-state index is -0.810. The Hall–Kier alpha value is -2.53. The van der Waals surface area contributed by atoms with Crippen molar-refractivity contribution in [1.82, 2.24) is 0 Å². The van der Waals surface area contributed by atoms with Gasteiger partial charge in [-0.25, -0.2) is 0 Å². The van der Waals surface area contributed by atoms with E-state index in [-0.39, 0.29) is 12.5 Å². The van der Waals surface area contributed by atoms with Crippen LogP contribution in [0.3, 0.4) is 0 Å². The molecule has 0 bridgehead atoms. The smallest absolute Gasteiger partial charge is 0.326 e. The SMILES string of the molecule is CC(C)(C)OC(=O)CN1C(=O)C(N=[N+]=[N-])CCc2ccccc21. The first-order valence-corrected chi connectivity index (χ1v) is 7.47. The van der Waals surface area contributed by atoms with Gasteiger partial charge in [0, 0.05) is 10.6 Å². The van der Waals surface area contributed by atoms with E-state index in [0.29, 0.717) is 18.5 Å². The summed E-state index contributed by atoms with van der Waals surface area (Å²) in [6, 6.07) is 6.57. The van der Waals surface area contributed by atoms with Crippen molar-refractivity contribution in [3.8, 4) is 0 Å². The molecule has 1 aromatic carbocycles. The Morgan fingerprint density at radius 2 is 2.13 bits per heavy atom. The Morgan fingerprint density at radius 1 is 1.43 bits per heavy atom. The lowest BCUT2D eigenvalue weighted by atomic mass is 10.1. The maximum absolute atomic E-state index is 12.7. The van der Waals surface area contributed by atoms with Crippen molar-refractivity contribution in [3.63, 3.8) is 0 Å². The van der Waals surface area contributed by atoms with Crippen LogP contribution >= 0.6 is 0 Å². The van der Waals surface area contributed by atoms with E-state index in [1.165, 1.54) is 4.90 Å². The van der Waals surface area contributed by atoms with Gasteiger partial charge < -0.3 is 9.64 Å². The van der Waals surface area contributed by atoms with Gasteiger partial charge >= 0.3 is 5.97 Å². The summed E-state index contributed by atoms with van der Waals surface area (Å²) in [7, 11) is 0. The van der Waals surface area contributed by atoms with Crippen molar-refractivity contribution in [2.24, 2.45) is 5.11 Å². The van der Waals surface area contributed by atoms with Gasteiger partial charge in [0.1, 0.15) is 18.2 Å². The molecule has 0 spiro atoms. The third-order valence-electron chi connectivity index (χ3n) is 3.42. The molecule has 1 amide bonds. The van der Waals surface area contributed by atoms with Gasteiger partial charge in [0.15, 0.2) is 0 Å². The van der Waals surface area contributed by atoms with Crippen LogP contribution in [0, 0.1) is 0 Å². The van der Waals surface area contributed by atoms with E-state index in [9.17, 15) is 9.59 Å². The topological polar surface area (TPSA) is 95.4 Å². The lowest BCUT2D eigenvalue weighted by Crippen LogP contribution is -2.42. The predicted molar refractivity (Wildman–Crippen MR) is 85.9 cm³/mol. The molecule has 122 valence electrons. The summed E-state index contributed by atoms with van der Waals surface area (Å²) in [6.07, 6.45) is 1.03. The summed E-state index contributed by atoms with van der Waals surface area (Å²) >= 11 is 0. The monoisotopic (exact) mass is 316 g/mol. The molecular formula is C16H20N4O3. The summed E-state index contributed by atoms with van der Waals surface area (Å²) in [5, 5.41) is 3.58. The van der Waals surface area contributed by atoms with Crippen LogP contribution in [0.1, 0.15) is 32.8 Å². The summed E-state index contributed by atoms with van der Waals surface area (Å²) in [5.41, 5.74) is 9.64. The molecule has 1 aliphatic heterocycles. The van der Waals surface area contributed by atoms with E-state index < -0.39 is 17.6 Å². The van der Waals surface area contributed by atoms with Gasteiger partial charge in [-0.3, -0.25) is 9.59 Å². The molecule has 1 aromatic rings. The molecule has 0 radical (unpaired) electrons. The van der Waals surface area contributed by atoms with E-state index in [1.807, 2.05) is 18.2 Å². The van der Waals surface area contributed by atoms with Gasteiger partial charge in [-0.05, 0) is 50.8 Å². The average molecular weight is 316 g/mol. The number of carbonyl (C=O) groups excluding carboxylic acids is 2. The normalized spacial score (nSPS) is 17.8. The second-order valence-corrected chi connectivity index (χ2v) is 6.40. The fourth-order valence-corrected chi connectivity index (χ4v) is 2.54. The molecule has 1 heterocycles. The summed E-state index contributed by atoms with van der Waals surface area (Å²) in [4.78, 5) is 28.9. The molecule has 1 atom stereocenters. The molecule has 1 aliphatic rings. The predicted octanol–water partition coefficient (Wildman–Crippen LogP) is 2.99. The Kier molecular flexibility index (Phi) is 4.91. The Morgan fingerprint density at radius 3 is 2.78 bits per heavy atom. The fourth-order valence-electron chi connectivity index (χ4n) is 2.54. The number of fused-ring (bicyclic) bond motifs is 1. The van der Waals surface area contributed by atoms with Crippen LogP contribution in [0.15, 0.2) is 29.4 Å². The standard InChI is InChI=1S/C16H20N4O3/c1-16(2,3)23-14(21)10-20-13-7-5-4-6-11(13)8-9-12(15(20)22)18-19-17/h4-7,12H,8-10H2,1-3H3. The fraction of sp³-hybridized carbons (Fsp3) is 0.500. The second kappa shape index (κ2) is 6.71. The molecule has 0 saturated carbocycles. The minimum Gasteiger partial charge on any atom is -0.459 e. The maximum Gasteiger partial charge on any atom is 0.326 e. The van der Waals surface area contributed by atoms with Crippen molar-refractivity contribution < 1.29 is 14.3 Å². The number of benzene rings is 1. The third-order valence-corrected chi connectivity index (χ3v) is 3.42. The number of azide groups is 1. The number of esters is 1. The van der Waals surface area contributed by atoms with E-state index in [1.54, 1.807) is 26.8 Å². The van der Waals surface area contributed by atoms with Gasteiger partial charge in [-0.2, -0.15) is 0 Å². The largest absolute Gasteiger partial charge is 0.459 e. The Balaban J connectivity index is 2.33. The third kappa shape index (κ3) is 4.23. The number of ether oxygens (including phenoxy) is 1. The van der Waals surface area contributed by atoms with E-state index >= 15 is 0 Å². The molecule has 1 unspecified atom stereocenters. The minimum absolute atomic E-state index is 0.204. The number of rotatable bonds is 3. The summed E-state index contributed by atoms with van der Waals surface area (Å²) in [6.45, 7) is 5.11. The number of nitrogens with zero attached hydrogens (tertiary/aromatic N) is 4. The highest BCUT2D eigenvalue weighted by molar-refractivity contribution is 6.02. The number of hydrogen-bond acceptors (Lipinski definition) is 4. The zero-order chi connectivity index (χ0) is 17.0. The van der Waals surface area contributed by atoms with Crippen LogP contribution in [0.5, 0.6) is 0 Å². The Labute approximate surface area is 134 Å². The van der Waals surface area contributed by atoms with E-state index in [0.717, 1.165) is 5.56 Å². The highest BCUT2D eigenvalue weighted by atomic mass is 16.6. The maximum atomic E-state index is 12.7. The zero-order valence-corrected chi connectivity index (χ0v) is 13.5. The van der Waals surface area contributed by atoms with Crippen molar-refractivity contribution in [2.45, 2.75) is 45.3 Å². The molecule has 0 saturated heterocycles. The second-order valence-electron chi connectivity index (χ2n) is 6.40. The number of amides is 1. The summed E-state index contributed by atoms with van der Waals surface area (Å²) in [5.74, 6) is -0.874. The first-order chi connectivity index (χ1) is 10.8. The van der Waals surface area contributed by atoms with Crippen LogP contribution < -0.4 is 4.90 Å². The number of anilines is 1. The van der Waals surface area contributed by atoms with Crippen LogP contribution in [0.2, 0.25) is 0 Å². The first-order valence-electron chi connectivity index (χ1n) is 7.47. The molecule has 0 fully saturated rings. The molecule has 7 nitrogen and oxygen atoms in total. The average Bonchev–Trinajstić information content (AvgIpc) is 2.58. The molecule has 0 aromatic heterocycles. The molecule has 7 heteroatoms. The lowest BCUT2D eigenvalue weighted by molar-refractivity contribution is -0.153.